The molecule has 1 atom stereocenters. The van der Waals surface area contributed by atoms with Crippen LogP contribution < -0.4 is 5.32 Å². The van der Waals surface area contributed by atoms with Crippen LogP contribution in [0.4, 0.5) is 0 Å². The van der Waals surface area contributed by atoms with Gasteiger partial charge in [0.1, 0.15) is 16.4 Å². The van der Waals surface area contributed by atoms with E-state index in [0.29, 0.717) is 4.88 Å². The van der Waals surface area contributed by atoms with Gasteiger partial charge in [-0.05, 0) is 32.0 Å². The van der Waals surface area contributed by atoms with E-state index in [0.717, 1.165) is 26.8 Å². The average Bonchev–Trinajstić information content (AvgIpc) is 3.18. The molecular formula is C15H13N3O2S2. The van der Waals surface area contributed by atoms with Gasteiger partial charge in [-0.25, -0.2) is 4.98 Å². The number of imidazole rings is 1. The van der Waals surface area contributed by atoms with E-state index in [2.05, 4.69) is 10.3 Å². The number of furan rings is 1. The second kappa shape index (κ2) is 4.96. The number of nitrogens with one attached hydrogen (secondary N) is 1. The number of hydrogen-bond donors (Lipinski definition) is 1. The molecule has 4 aromatic heterocycles. The van der Waals surface area contributed by atoms with Gasteiger partial charge in [0.2, 0.25) is 0 Å². The van der Waals surface area contributed by atoms with Gasteiger partial charge in [-0.3, -0.25) is 9.20 Å². The molecule has 0 fully saturated rings. The number of carbonyl (C=O) groups excluding carboxylic acids is 1. The normalized spacial score (nSPS) is 13.0. The fraction of sp³-hybridized carbons (Fsp3) is 0.200. The molecule has 112 valence electrons. The Balaban J connectivity index is 1.60. The molecule has 0 aliphatic carbocycles. The standard InChI is InChI=1S/C15H13N3O2S2/c1-8-3-4-11(20-8)9(2)16-13(19)12-7-10-14(22-12)17-15-18(10)5-6-21-15/h3-7,9H,1-2H3,(H,16,19). The number of aryl methyl sites for hydroxylation is 1. The van der Waals surface area contributed by atoms with Crippen LogP contribution in [0.2, 0.25) is 0 Å². The van der Waals surface area contributed by atoms with E-state index in [-0.39, 0.29) is 11.9 Å². The van der Waals surface area contributed by atoms with Gasteiger partial charge in [-0.2, -0.15) is 0 Å². The molecule has 1 amide bonds. The number of nitrogens with zero attached hydrogens (tertiary/aromatic N) is 2. The number of aromatic nitrogens is 2. The molecule has 4 rings (SSSR count). The lowest BCUT2D eigenvalue weighted by Gasteiger charge is -2.10. The maximum atomic E-state index is 12.4. The van der Waals surface area contributed by atoms with E-state index in [1.165, 1.54) is 11.3 Å². The zero-order chi connectivity index (χ0) is 15.3. The van der Waals surface area contributed by atoms with Crippen molar-refractivity contribution >= 4 is 43.9 Å². The summed E-state index contributed by atoms with van der Waals surface area (Å²) in [6.07, 6.45) is 1.97. The smallest absolute Gasteiger partial charge is 0.262 e. The molecular weight excluding hydrogens is 318 g/mol. The summed E-state index contributed by atoms with van der Waals surface area (Å²) in [6.45, 7) is 3.80. The van der Waals surface area contributed by atoms with Crippen LogP contribution in [0.15, 0.2) is 34.2 Å². The van der Waals surface area contributed by atoms with Crippen molar-refractivity contribution in [3.8, 4) is 0 Å². The van der Waals surface area contributed by atoms with E-state index in [1.54, 1.807) is 11.3 Å². The predicted molar refractivity (Wildman–Crippen MR) is 87.8 cm³/mol. The molecule has 4 heterocycles. The quantitative estimate of drug-likeness (QED) is 0.617. The zero-order valence-corrected chi connectivity index (χ0v) is 13.6. The Bertz CT molecular complexity index is 975. The van der Waals surface area contributed by atoms with E-state index in [4.69, 9.17) is 4.42 Å². The van der Waals surface area contributed by atoms with Gasteiger partial charge in [-0.15, -0.1) is 22.7 Å². The first-order valence-electron chi connectivity index (χ1n) is 6.84. The number of thiazole rings is 1. The Morgan fingerprint density at radius 1 is 1.45 bits per heavy atom. The van der Waals surface area contributed by atoms with Gasteiger partial charge in [0.15, 0.2) is 4.96 Å². The van der Waals surface area contributed by atoms with E-state index < -0.39 is 0 Å². The summed E-state index contributed by atoms with van der Waals surface area (Å²) in [6, 6.07) is 5.50. The number of rotatable bonds is 3. The van der Waals surface area contributed by atoms with Crippen LogP contribution in [0.3, 0.4) is 0 Å². The summed E-state index contributed by atoms with van der Waals surface area (Å²) >= 11 is 3.00. The van der Waals surface area contributed by atoms with E-state index >= 15 is 0 Å². The highest BCUT2D eigenvalue weighted by Crippen LogP contribution is 2.28. The molecule has 0 bridgehead atoms. The van der Waals surface area contributed by atoms with Crippen molar-refractivity contribution < 1.29 is 9.21 Å². The van der Waals surface area contributed by atoms with E-state index in [1.807, 2.05) is 48.0 Å². The van der Waals surface area contributed by atoms with Crippen molar-refractivity contribution in [2.24, 2.45) is 0 Å². The molecule has 7 heteroatoms. The van der Waals surface area contributed by atoms with Crippen LogP contribution in [0.1, 0.15) is 34.2 Å². The first-order chi connectivity index (χ1) is 10.6. The Kier molecular flexibility index (Phi) is 3.05. The largest absolute Gasteiger partial charge is 0.464 e. The third kappa shape index (κ3) is 2.13. The van der Waals surface area contributed by atoms with Crippen molar-refractivity contribution in [2.45, 2.75) is 19.9 Å². The summed E-state index contributed by atoms with van der Waals surface area (Å²) in [7, 11) is 0. The van der Waals surface area contributed by atoms with Gasteiger partial charge in [-0.1, -0.05) is 0 Å². The minimum atomic E-state index is -0.167. The molecule has 4 aromatic rings. The first kappa shape index (κ1) is 13.5. The summed E-state index contributed by atoms with van der Waals surface area (Å²) in [5.74, 6) is 1.49. The molecule has 0 aliphatic heterocycles. The number of hydrogen-bond acceptors (Lipinski definition) is 5. The van der Waals surface area contributed by atoms with Crippen LogP contribution in [-0.2, 0) is 0 Å². The zero-order valence-electron chi connectivity index (χ0n) is 12.0. The predicted octanol–water partition coefficient (Wildman–Crippen LogP) is 4.00. The second-order valence-corrected chi connectivity index (χ2v) is 7.02. The number of carbonyl (C=O) groups is 1. The third-order valence-electron chi connectivity index (χ3n) is 3.50. The van der Waals surface area contributed by atoms with Crippen LogP contribution in [0.25, 0.3) is 15.3 Å². The lowest BCUT2D eigenvalue weighted by molar-refractivity contribution is 0.0939. The molecule has 1 N–H and O–H groups in total. The summed E-state index contributed by atoms with van der Waals surface area (Å²) < 4.78 is 7.55. The molecule has 0 aromatic carbocycles. The molecule has 0 aliphatic rings. The van der Waals surface area contributed by atoms with E-state index in [9.17, 15) is 4.79 Å². The van der Waals surface area contributed by atoms with Crippen LogP contribution in [0.5, 0.6) is 0 Å². The van der Waals surface area contributed by atoms with Gasteiger partial charge in [0.25, 0.3) is 5.91 Å². The Morgan fingerprint density at radius 2 is 2.32 bits per heavy atom. The summed E-state index contributed by atoms with van der Waals surface area (Å²) in [5.41, 5.74) is 0.980. The number of thiophene rings is 1. The maximum absolute atomic E-state index is 12.4. The lowest BCUT2D eigenvalue weighted by Crippen LogP contribution is -2.25. The number of amides is 1. The summed E-state index contributed by atoms with van der Waals surface area (Å²) in [5, 5.41) is 4.95. The monoisotopic (exact) mass is 331 g/mol. The van der Waals surface area contributed by atoms with Crippen molar-refractivity contribution in [2.75, 3.05) is 0 Å². The number of fused-ring (bicyclic) bond motifs is 3. The van der Waals surface area contributed by atoms with Crippen LogP contribution in [-0.4, -0.2) is 15.3 Å². The second-order valence-electron chi connectivity index (χ2n) is 5.11. The molecule has 0 saturated heterocycles. The van der Waals surface area contributed by atoms with Crippen molar-refractivity contribution in [1.29, 1.82) is 0 Å². The average molecular weight is 331 g/mol. The molecule has 0 spiro atoms. The molecule has 5 nitrogen and oxygen atoms in total. The first-order valence-corrected chi connectivity index (χ1v) is 8.54. The van der Waals surface area contributed by atoms with Gasteiger partial charge in [0, 0.05) is 11.6 Å². The van der Waals surface area contributed by atoms with Gasteiger partial charge in [0.05, 0.1) is 16.4 Å². The maximum Gasteiger partial charge on any atom is 0.262 e. The SMILES string of the molecule is Cc1ccc(C(C)NC(=O)c2cc3c(nc4sccn43)s2)o1. The molecule has 0 radical (unpaired) electrons. The highest BCUT2D eigenvalue weighted by Gasteiger charge is 2.18. The van der Waals surface area contributed by atoms with Gasteiger partial charge < -0.3 is 9.73 Å². The minimum absolute atomic E-state index is 0.103. The van der Waals surface area contributed by atoms with Crippen molar-refractivity contribution in [3.63, 3.8) is 0 Å². The molecule has 0 saturated carbocycles. The Labute approximate surface area is 134 Å². The van der Waals surface area contributed by atoms with Gasteiger partial charge >= 0.3 is 0 Å². The minimum Gasteiger partial charge on any atom is -0.464 e. The highest BCUT2D eigenvalue weighted by atomic mass is 32.1. The topological polar surface area (TPSA) is 59.5 Å². The third-order valence-corrected chi connectivity index (χ3v) is 5.27. The Hall–Kier alpha value is -2.12. The molecule has 22 heavy (non-hydrogen) atoms. The van der Waals surface area contributed by atoms with Crippen molar-refractivity contribution in [3.05, 3.63) is 46.2 Å². The fourth-order valence-electron chi connectivity index (χ4n) is 2.38. The van der Waals surface area contributed by atoms with Crippen LogP contribution >= 0.6 is 22.7 Å². The molecule has 1 unspecified atom stereocenters. The van der Waals surface area contributed by atoms with Crippen molar-refractivity contribution in [1.82, 2.24) is 14.7 Å². The lowest BCUT2D eigenvalue weighted by atomic mass is 10.2. The van der Waals surface area contributed by atoms with Crippen LogP contribution in [0, 0.1) is 6.92 Å². The Morgan fingerprint density at radius 3 is 3.09 bits per heavy atom. The summed E-state index contributed by atoms with van der Waals surface area (Å²) in [4.78, 5) is 19.4. The highest BCUT2D eigenvalue weighted by molar-refractivity contribution is 7.21. The fourth-order valence-corrected chi connectivity index (χ4v) is 4.09.